The summed E-state index contributed by atoms with van der Waals surface area (Å²) < 4.78 is 6.81. The zero-order chi connectivity index (χ0) is 18.0. The van der Waals surface area contributed by atoms with E-state index in [-0.39, 0.29) is 5.56 Å². The van der Waals surface area contributed by atoms with Crippen LogP contribution in [0.5, 0.6) is 5.75 Å². The van der Waals surface area contributed by atoms with Gasteiger partial charge in [-0.3, -0.25) is 14.4 Å². The molecule has 7 heteroatoms. The first-order valence-corrected chi connectivity index (χ1v) is 8.22. The average Bonchev–Trinajstić information content (AvgIpc) is 2.97. The summed E-state index contributed by atoms with van der Waals surface area (Å²) in [5.41, 5.74) is 1.70. The van der Waals surface area contributed by atoms with E-state index >= 15 is 0 Å². The number of aromatic nitrogens is 4. The van der Waals surface area contributed by atoms with Gasteiger partial charge in [0.1, 0.15) is 17.0 Å². The summed E-state index contributed by atoms with van der Waals surface area (Å²) >= 11 is 0. The first-order chi connectivity index (χ1) is 12.0. The first kappa shape index (κ1) is 17.2. The fraction of sp³-hybridized carbons (Fsp3) is 0.389. The SMILES string of the molecule is COc1ccc(CC(C)N(C)Cc2nc3c(cnn3C)c(=O)[nH]2)cc1. The lowest BCUT2D eigenvalue weighted by Crippen LogP contribution is -2.32. The normalized spacial score (nSPS) is 12.7. The van der Waals surface area contributed by atoms with Crippen molar-refractivity contribution >= 4 is 11.0 Å². The molecule has 0 aliphatic carbocycles. The fourth-order valence-electron chi connectivity index (χ4n) is 2.80. The van der Waals surface area contributed by atoms with E-state index in [0.29, 0.717) is 29.4 Å². The number of aromatic amines is 1. The molecule has 1 unspecified atom stereocenters. The predicted molar refractivity (Wildman–Crippen MR) is 96.8 cm³/mol. The number of hydrogen-bond acceptors (Lipinski definition) is 5. The summed E-state index contributed by atoms with van der Waals surface area (Å²) in [4.78, 5) is 21.7. The number of benzene rings is 1. The number of nitrogens with zero attached hydrogens (tertiary/aromatic N) is 4. The van der Waals surface area contributed by atoms with Crippen LogP contribution in [0, 0.1) is 0 Å². The first-order valence-electron chi connectivity index (χ1n) is 8.22. The van der Waals surface area contributed by atoms with Crippen molar-refractivity contribution in [2.45, 2.75) is 25.9 Å². The summed E-state index contributed by atoms with van der Waals surface area (Å²) in [6.45, 7) is 2.72. The number of hydrogen-bond donors (Lipinski definition) is 1. The Balaban J connectivity index is 1.71. The monoisotopic (exact) mass is 341 g/mol. The van der Waals surface area contributed by atoms with Gasteiger partial charge < -0.3 is 9.72 Å². The largest absolute Gasteiger partial charge is 0.497 e. The number of ether oxygens (including phenoxy) is 1. The Kier molecular flexibility index (Phi) is 4.85. The second-order valence-electron chi connectivity index (χ2n) is 6.33. The molecule has 0 fully saturated rings. The molecule has 0 radical (unpaired) electrons. The maximum Gasteiger partial charge on any atom is 0.262 e. The number of rotatable bonds is 6. The lowest BCUT2D eigenvalue weighted by Gasteiger charge is -2.24. The van der Waals surface area contributed by atoms with Crippen molar-refractivity contribution in [1.82, 2.24) is 24.6 Å². The molecule has 1 N–H and O–H groups in total. The Morgan fingerprint density at radius 2 is 2.04 bits per heavy atom. The predicted octanol–water partition coefficient (Wildman–Crippen LogP) is 1.73. The molecule has 2 aromatic heterocycles. The molecule has 0 saturated heterocycles. The van der Waals surface area contributed by atoms with Gasteiger partial charge in [0.05, 0.1) is 19.9 Å². The third-order valence-corrected chi connectivity index (χ3v) is 4.49. The number of methoxy groups -OCH3 is 1. The van der Waals surface area contributed by atoms with Gasteiger partial charge in [0.25, 0.3) is 5.56 Å². The highest BCUT2D eigenvalue weighted by molar-refractivity contribution is 5.72. The number of nitrogens with one attached hydrogen (secondary N) is 1. The molecular weight excluding hydrogens is 318 g/mol. The minimum atomic E-state index is -0.149. The molecule has 2 heterocycles. The summed E-state index contributed by atoms with van der Waals surface area (Å²) in [6.07, 6.45) is 2.44. The van der Waals surface area contributed by atoms with Crippen molar-refractivity contribution < 1.29 is 4.74 Å². The smallest absolute Gasteiger partial charge is 0.262 e. The molecule has 1 atom stereocenters. The minimum absolute atomic E-state index is 0.149. The van der Waals surface area contributed by atoms with Crippen LogP contribution in [0.25, 0.3) is 11.0 Å². The van der Waals surface area contributed by atoms with Gasteiger partial charge >= 0.3 is 0 Å². The van der Waals surface area contributed by atoms with E-state index in [4.69, 9.17) is 4.74 Å². The van der Waals surface area contributed by atoms with Gasteiger partial charge in [-0.2, -0.15) is 5.10 Å². The lowest BCUT2D eigenvalue weighted by molar-refractivity contribution is 0.242. The molecule has 0 aliphatic heterocycles. The average molecular weight is 341 g/mol. The van der Waals surface area contributed by atoms with Crippen LogP contribution in [0.3, 0.4) is 0 Å². The molecule has 3 aromatic rings. The maximum absolute atomic E-state index is 12.1. The van der Waals surface area contributed by atoms with Crippen molar-refractivity contribution in [1.29, 1.82) is 0 Å². The van der Waals surface area contributed by atoms with Crippen LogP contribution < -0.4 is 10.3 Å². The molecule has 0 bridgehead atoms. The quantitative estimate of drug-likeness (QED) is 0.739. The topological polar surface area (TPSA) is 76.0 Å². The molecule has 0 amide bonds. The summed E-state index contributed by atoms with van der Waals surface area (Å²) in [5, 5.41) is 4.61. The molecule has 1 aromatic carbocycles. The summed E-state index contributed by atoms with van der Waals surface area (Å²) in [7, 11) is 5.48. The van der Waals surface area contributed by atoms with Crippen molar-refractivity contribution in [3.05, 3.63) is 52.2 Å². The van der Waals surface area contributed by atoms with Crippen LogP contribution in [0.2, 0.25) is 0 Å². The molecule has 25 heavy (non-hydrogen) atoms. The third-order valence-electron chi connectivity index (χ3n) is 4.49. The van der Waals surface area contributed by atoms with Gasteiger partial charge in [-0.1, -0.05) is 12.1 Å². The number of H-pyrrole nitrogens is 1. The van der Waals surface area contributed by atoms with Crippen molar-refractivity contribution in [3.8, 4) is 5.75 Å². The van der Waals surface area contributed by atoms with Crippen LogP contribution in [-0.4, -0.2) is 44.8 Å². The van der Waals surface area contributed by atoms with Crippen molar-refractivity contribution in [2.24, 2.45) is 7.05 Å². The Hall–Kier alpha value is -2.67. The van der Waals surface area contributed by atoms with Crippen LogP contribution in [0.15, 0.2) is 35.3 Å². The van der Waals surface area contributed by atoms with Crippen molar-refractivity contribution in [2.75, 3.05) is 14.2 Å². The zero-order valence-corrected chi connectivity index (χ0v) is 15.0. The second kappa shape index (κ2) is 7.06. The van der Waals surface area contributed by atoms with E-state index in [1.165, 1.54) is 5.56 Å². The Labute approximate surface area is 146 Å². The maximum atomic E-state index is 12.1. The van der Waals surface area contributed by atoms with Gasteiger partial charge in [0, 0.05) is 13.1 Å². The van der Waals surface area contributed by atoms with Gasteiger partial charge in [-0.25, -0.2) is 4.98 Å². The lowest BCUT2D eigenvalue weighted by atomic mass is 10.1. The summed E-state index contributed by atoms with van der Waals surface area (Å²) in [5.74, 6) is 1.50. The Bertz CT molecular complexity index is 913. The molecule has 7 nitrogen and oxygen atoms in total. The van der Waals surface area contributed by atoms with Crippen LogP contribution in [-0.2, 0) is 20.0 Å². The molecule has 132 valence electrons. The third kappa shape index (κ3) is 3.71. The van der Waals surface area contributed by atoms with E-state index < -0.39 is 0 Å². The van der Waals surface area contributed by atoms with Gasteiger partial charge in [-0.15, -0.1) is 0 Å². The van der Waals surface area contributed by atoms with E-state index in [0.717, 1.165) is 12.2 Å². The number of likely N-dealkylation sites (N-methyl/N-ethyl adjacent to an activating group) is 1. The number of fused-ring (bicyclic) bond motifs is 1. The highest BCUT2D eigenvalue weighted by Crippen LogP contribution is 2.15. The van der Waals surface area contributed by atoms with Crippen molar-refractivity contribution in [3.63, 3.8) is 0 Å². The van der Waals surface area contributed by atoms with E-state index in [9.17, 15) is 4.79 Å². The van der Waals surface area contributed by atoms with Crippen LogP contribution >= 0.6 is 0 Å². The molecule has 0 saturated carbocycles. The zero-order valence-electron chi connectivity index (χ0n) is 15.0. The molecule has 0 spiro atoms. The standard InChI is InChI=1S/C18H23N5O2/c1-12(9-13-5-7-14(25-4)8-6-13)22(2)11-16-20-17-15(18(24)21-16)10-19-23(17)3/h5-8,10,12H,9,11H2,1-4H3,(H,20,21,24). The number of aryl methyl sites for hydroxylation is 1. The highest BCUT2D eigenvalue weighted by Gasteiger charge is 2.14. The van der Waals surface area contributed by atoms with Crippen LogP contribution in [0.1, 0.15) is 18.3 Å². The van der Waals surface area contributed by atoms with E-state index in [1.54, 1.807) is 25.0 Å². The van der Waals surface area contributed by atoms with Gasteiger partial charge in [0.2, 0.25) is 0 Å². The van der Waals surface area contributed by atoms with Gasteiger partial charge in [-0.05, 0) is 38.1 Å². The Morgan fingerprint density at radius 1 is 1.32 bits per heavy atom. The minimum Gasteiger partial charge on any atom is -0.497 e. The molecule has 3 rings (SSSR count). The summed E-state index contributed by atoms with van der Waals surface area (Å²) in [6, 6.07) is 8.38. The van der Waals surface area contributed by atoms with Crippen LogP contribution in [0.4, 0.5) is 0 Å². The Morgan fingerprint density at radius 3 is 2.72 bits per heavy atom. The van der Waals surface area contributed by atoms with Gasteiger partial charge in [0.15, 0.2) is 5.65 Å². The highest BCUT2D eigenvalue weighted by atomic mass is 16.5. The second-order valence-corrected chi connectivity index (χ2v) is 6.33. The van der Waals surface area contributed by atoms with E-state index in [1.807, 2.05) is 19.2 Å². The van der Waals surface area contributed by atoms with E-state index in [2.05, 4.69) is 39.0 Å². The molecule has 0 aliphatic rings. The fourth-order valence-corrected chi connectivity index (χ4v) is 2.80. The molecular formula is C18H23N5O2.